The van der Waals surface area contributed by atoms with Gasteiger partial charge in [-0.05, 0) is 31.2 Å². The summed E-state index contributed by atoms with van der Waals surface area (Å²) >= 11 is 0. The fourth-order valence-electron chi connectivity index (χ4n) is 1.18. The van der Waals surface area contributed by atoms with E-state index in [2.05, 4.69) is 4.74 Å². The lowest BCUT2D eigenvalue weighted by Crippen LogP contribution is -2.15. The van der Waals surface area contributed by atoms with Crippen molar-refractivity contribution in [1.82, 2.24) is 0 Å². The second-order valence-electron chi connectivity index (χ2n) is 3.30. The lowest BCUT2D eigenvalue weighted by Gasteiger charge is -2.00. The molecule has 1 aromatic rings. The summed E-state index contributed by atoms with van der Waals surface area (Å²) < 4.78 is 4.49. The van der Waals surface area contributed by atoms with Gasteiger partial charge in [-0.3, -0.25) is 4.79 Å². The highest BCUT2D eigenvalue weighted by Gasteiger charge is 2.13. The first-order valence-electron chi connectivity index (χ1n) is 5.20. The molecule has 5 nitrogen and oxygen atoms in total. The Balaban J connectivity index is 2.86. The van der Waals surface area contributed by atoms with E-state index in [1.165, 1.54) is 24.3 Å². The summed E-state index contributed by atoms with van der Waals surface area (Å²) in [6, 6.07) is 7.87. The van der Waals surface area contributed by atoms with Crippen LogP contribution in [0.4, 0.5) is 0 Å². The van der Waals surface area contributed by atoms with Gasteiger partial charge in [-0.15, -0.1) is 0 Å². The Morgan fingerprint density at radius 1 is 1.39 bits per heavy atom. The average Bonchev–Trinajstić information content (AvgIpc) is 2.39. The molecule has 0 atom stereocenters. The molecule has 0 fully saturated rings. The highest BCUT2D eigenvalue weighted by molar-refractivity contribution is 6.39. The predicted molar refractivity (Wildman–Crippen MR) is 63.4 cm³/mol. The minimum Gasteiger partial charge on any atom is -0.507 e. The lowest BCUT2D eigenvalue weighted by molar-refractivity contribution is -0.151. The Kier molecular flexibility index (Phi) is 4.64. The van der Waals surface area contributed by atoms with E-state index in [1.54, 1.807) is 6.92 Å². The van der Waals surface area contributed by atoms with Crippen molar-refractivity contribution in [3.63, 3.8) is 0 Å². The van der Waals surface area contributed by atoms with Crippen LogP contribution in [0.25, 0.3) is 5.76 Å². The lowest BCUT2D eigenvalue weighted by atomic mass is 10.1. The number of hydrogen-bond acceptors (Lipinski definition) is 5. The largest absolute Gasteiger partial charge is 0.507 e. The van der Waals surface area contributed by atoms with Crippen molar-refractivity contribution in [2.24, 2.45) is 0 Å². The number of hydrogen-bond donors (Lipinski definition) is 1. The van der Waals surface area contributed by atoms with Gasteiger partial charge in [0, 0.05) is 11.6 Å². The number of esters is 1. The number of ether oxygens (including phenoxy) is 1. The van der Waals surface area contributed by atoms with E-state index >= 15 is 0 Å². The Morgan fingerprint density at radius 3 is 2.50 bits per heavy atom. The molecule has 0 aliphatic heterocycles. The Hall–Kier alpha value is -2.61. The first kappa shape index (κ1) is 13.5. The minimum atomic E-state index is -1.02. The average molecular weight is 245 g/mol. The van der Waals surface area contributed by atoms with E-state index in [-0.39, 0.29) is 12.4 Å². The Labute approximate surface area is 104 Å². The summed E-state index contributed by atoms with van der Waals surface area (Å²) in [7, 11) is 0. The van der Waals surface area contributed by atoms with E-state index in [1.807, 2.05) is 6.07 Å². The van der Waals surface area contributed by atoms with Crippen LogP contribution in [-0.4, -0.2) is 23.5 Å². The SMILES string of the molecule is CCOC(=O)C(=O)C=C(O)c1ccc(C#N)cc1. The third kappa shape index (κ3) is 3.46. The van der Waals surface area contributed by atoms with Gasteiger partial charge in [0.05, 0.1) is 18.2 Å². The smallest absolute Gasteiger partial charge is 0.379 e. The molecule has 1 aromatic carbocycles. The Bertz CT molecular complexity index is 523. The number of aliphatic hydroxyl groups excluding tert-OH is 1. The minimum absolute atomic E-state index is 0.0933. The van der Waals surface area contributed by atoms with Crippen molar-refractivity contribution < 1.29 is 19.4 Å². The van der Waals surface area contributed by atoms with Gasteiger partial charge in [0.25, 0.3) is 5.78 Å². The van der Waals surface area contributed by atoms with Crippen LogP contribution in [0.5, 0.6) is 0 Å². The number of carbonyl (C=O) groups excluding carboxylic acids is 2. The van der Waals surface area contributed by atoms with E-state index in [0.29, 0.717) is 11.1 Å². The van der Waals surface area contributed by atoms with Gasteiger partial charge in [-0.1, -0.05) is 0 Å². The molecule has 0 saturated heterocycles. The van der Waals surface area contributed by atoms with Crippen LogP contribution >= 0.6 is 0 Å². The molecule has 1 rings (SSSR count). The van der Waals surface area contributed by atoms with Gasteiger partial charge < -0.3 is 9.84 Å². The summed E-state index contributed by atoms with van der Waals surface area (Å²) in [5.74, 6) is -2.30. The summed E-state index contributed by atoms with van der Waals surface area (Å²) in [6.45, 7) is 1.67. The molecule has 0 spiro atoms. The van der Waals surface area contributed by atoms with Crippen LogP contribution in [0.15, 0.2) is 30.3 Å². The molecule has 92 valence electrons. The Morgan fingerprint density at radius 2 is 2.00 bits per heavy atom. The number of nitrogens with zero attached hydrogens (tertiary/aromatic N) is 1. The standard InChI is InChI=1S/C13H11NO4/c1-2-18-13(17)12(16)7-11(15)10-5-3-9(8-14)4-6-10/h3-7,15H,2H2,1H3. The normalized spacial score (nSPS) is 10.6. The third-order valence-electron chi connectivity index (χ3n) is 2.05. The van der Waals surface area contributed by atoms with E-state index < -0.39 is 11.8 Å². The highest BCUT2D eigenvalue weighted by Crippen LogP contribution is 2.12. The molecule has 0 saturated carbocycles. The van der Waals surface area contributed by atoms with Crippen molar-refractivity contribution in [2.45, 2.75) is 6.92 Å². The number of benzene rings is 1. The molecule has 0 unspecified atom stereocenters. The van der Waals surface area contributed by atoms with Crippen LogP contribution in [0.3, 0.4) is 0 Å². The maximum atomic E-state index is 11.3. The summed E-state index contributed by atoms with van der Waals surface area (Å²) in [4.78, 5) is 22.3. The van der Waals surface area contributed by atoms with Crippen LogP contribution in [0.1, 0.15) is 18.1 Å². The van der Waals surface area contributed by atoms with Crippen LogP contribution in [0, 0.1) is 11.3 Å². The van der Waals surface area contributed by atoms with Gasteiger partial charge >= 0.3 is 5.97 Å². The van der Waals surface area contributed by atoms with Gasteiger partial charge in [0.1, 0.15) is 5.76 Å². The zero-order valence-corrected chi connectivity index (χ0v) is 9.71. The molecule has 0 heterocycles. The summed E-state index contributed by atoms with van der Waals surface area (Å²) in [6.07, 6.45) is 0.791. The number of ketones is 1. The van der Waals surface area contributed by atoms with Crippen molar-refractivity contribution >= 4 is 17.5 Å². The number of nitriles is 1. The van der Waals surface area contributed by atoms with Crippen molar-refractivity contribution in [2.75, 3.05) is 6.61 Å². The van der Waals surface area contributed by atoms with Crippen molar-refractivity contribution in [3.05, 3.63) is 41.5 Å². The second kappa shape index (κ2) is 6.21. The van der Waals surface area contributed by atoms with Crippen molar-refractivity contribution in [1.29, 1.82) is 5.26 Å². The van der Waals surface area contributed by atoms with Gasteiger partial charge in [-0.2, -0.15) is 5.26 Å². The molecular formula is C13H11NO4. The van der Waals surface area contributed by atoms with Gasteiger partial charge in [-0.25, -0.2) is 4.79 Å². The van der Waals surface area contributed by atoms with E-state index in [4.69, 9.17) is 5.26 Å². The van der Waals surface area contributed by atoms with Gasteiger partial charge in [0.15, 0.2) is 0 Å². The summed E-state index contributed by atoms with van der Waals surface area (Å²) in [5, 5.41) is 18.2. The topological polar surface area (TPSA) is 87.4 Å². The number of aliphatic hydroxyl groups is 1. The van der Waals surface area contributed by atoms with Crippen LogP contribution in [-0.2, 0) is 14.3 Å². The maximum Gasteiger partial charge on any atom is 0.379 e. The first-order chi connectivity index (χ1) is 8.58. The molecule has 0 aliphatic rings. The van der Waals surface area contributed by atoms with Gasteiger partial charge in [0.2, 0.25) is 0 Å². The van der Waals surface area contributed by atoms with Crippen LogP contribution in [0.2, 0.25) is 0 Å². The van der Waals surface area contributed by atoms with Crippen molar-refractivity contribution in [3.8, 4) is 6.07 Å². The molecule has 0 amide bonds. The number of rotatable bonds is 4. The molecule has 0 aliphatic carbocycles. The fraction of sp³-hybridized carbons (Fsp3) is 0.154. The van der Waals surface area contributed by atoms with Crippen LogP contribution < -0.4 is 0 Å². The second-order valence-corrected chi connectivity index (χ2v) is 3.30. The molecule has 1 N–H and O–H groups in total. The van der Waals surface area contributed by atoms with E-state index in [9.17, 15) is 14.7 Å². The quantitative estimate of drug-likeness (QED) is 0.376. The first-order valence-corrected chi connectivity index (χ1v) is 5.20. The fourth-order valence-corrected chi connectivity index (χ4v) is 1.18. The molecular weight excluding hydrogens is 234 g/mol. The zero-order valence-electron chi connectivity index (χ0n) is 9.71. The number of carbonyl (C=O) groups is 2. The third-order valence-corrected chi connectivity index (χ3v) is 2.05. The molecule has 0 bridgehead atoms. The maximum absolute atomic E-state index is 11.3. The molecule has 18 heavy (non-hydrogen) atoms. The molecule has 0 aromatic heterocycles. The highest BCUT2D eigenvalue weighted by atomic mass is 16.5. The molecule has 5 heteroatoms. The zero-order chi connectivity index (χ0) is 13.5. The molecule has 0 radical (unpaired) electrons. The summed E-state index contributed by atoms with van der Waals surface area (Å²) in [5.41, 5.74) is 0.773. The monoisotopic (exact) mass is 245 g/mol. The predicted octanol–water partition coefficient (Wildman–Crippen LogP) is 1.59. The van der Waals surface area contributed by atoms with E-state index in [0.717, 1.165) is 6.08 Å².